The topological polar surface area (TPSA) is 106 Å². The molecular weight excluding hydrogens is 442 g/mol. The van der Waals surface area contributed by atoms with Crippen LogP contribution in [0.3, 0.4) is 0 Å². The van der Waals surface area contributed by atoms with Gasteiger partial charge in [0, 0.05) is 30.2 Å². The van der Waals surface area contributed by atoms with Crippen molar-refractivity contribution in [3.63, 3.8) is 0 Å². The molecule has 10 heteroatoms. The molecule has 2 atom stereocenters. The van der Waals surface area contributed by atoms with Gasteiger partial charge in [-0.1, -0.05) is 6.07 Å². The number of methoxy groups -OCH3 is 1. The SMILES string of the molecule is COc1cc([N+](=O)[O-])ccc1-n1c(C)cc(C2C(c3ccccn3)NC(=S)N2CCO)c1C. The highest BCUT2D eigenvalue weighted by Gasteiger charge is 2.41. The van der Waals surface area contributed by atoms with Gasteiger partial charge in [0.1, 0.15) is 5.75 Å². The van der Waals surface area contributed by atoms with Crippen LogP contribution in [0, 0.1) is 24.0 Å². The second kappa shape index (κ2) is 9.16. The predicted octanol–water partition coefficient (Wildman–Crippen LogP) is 3.37. The number of hydrogen-bond acceptors (Lipinski definition) is 6. The molecule has 2 aromatic heterocycles. The van der Waals surface area contributed by atoms with Gasteiger partial charge in [0.15, 0.2) is 5.11 Å². The van der Waals surface area contributed by atoms with Crippen LogP contribution in [0.15, 0.2) is 48.7 Å². The monoisotopic (exact) mass is 467 g/mol. The first-order chi connectivity index (χ1) is 15.9. The molecule has 33 heavy (non-hydrogen) atoms. The van der Waals surface area contributed by atoms with Gasteiger partial charge in [-0.25, -0.2) is 0 Å². The molecule has 0 saturated carbocycles. The second-order valence-corrected chi connectivity index (χ2v) is 8.21. The van der Waals surface area contributed by atoms with Crippen molar-refractivity contribution >= 4 is 23.0 Å². The number of benzene rings is 1. The van der Waals surface area contributed by atoms with Gasteiger partial charge in [0.05, 0.1) is 48.2 Å². The number of hydrogen-bond donors (Lipinski definition) is 2. The molecule has 9 nitrogen and oxygen atoms in total. The van der Waals surface area contributed by atoms with Gasteiger partial charge in [0.25, 0.3) is 5.69 Å². The molecular formula is C23H25N5O4S. The number of thiocarbonyl (C=S) groups is 1. The Kier molecular flexibility index (Phi) is 6.30. The Morgan fingerprint density at radius 2 is 2.06 bits per heavy atom. The first kappa shape index (κ1) is 22.7. The van der Waals surface area contributed by atoms with Crippen LogP contribution in [0.1, 0.15) is 34.7 Å². The zero-order valence-corrected chi connectivity index (χ0v) is 19.4. The molecule has 0 spiro atoms. The minimum Gasteiger partial charge on any atom is -0.494 e. The highest BCUT2D eigenvalue weighted by atomic mass is 32.1. The van der Waals surface area contributed by atoms with Gasteiger partial charge in [-0.15, -0.1) is 0 Å². The van der Waals surface area contributed by atoms with Crippen LogP contribution in [0.25, 0.3) is 5.69 Å². The van der Waals surface area contributed by atoms with E-state index in [1.54, 1.807) is 12.3 Å². The van der Waals surface area contributed by atoms with Crippen molar-refractivity contribution in [3.05, 3.63) is 81.4 Å². The van der Waals surface area contributed by atoms with E-state index in [4.69, 9.17) is 17.0 Å². The molecule has 2 unspecified atom stereocenters. The molecule has 2 N–H and O–H groups in total. The molecule has 3 heterocycles. The third-order valence-electron chi connectivity index (χ3n) is 5.94. The molecule has 3 aromatic rings. The second-order valence-electron chi connectivity index (χ2n) is 7.82. The zero-order chi connectivity index (χ0) is 23.7. The smallest absolute Gasteiger partial charge is 0.273 e. The van der Waals surface area contributed by atoms with Crippen molar-refractivity contribution in [1.82, 2.24) is 19.8 Å². The van der Waals surface area contributed by atoms with E-state index < -0.39 is 4.92 Å². The van der Waals surface area contributed by atoms with Crippen LogP contribution < -0.4 is 10.1 Å². The molecule has 0 bridgehead atoms. The summed E-state index contributed by atoms with van der Waals surface area (Å²) >= 11 is 5.60. The normalized spacial score (nSPS) is 17.8. The first-order valence-corrected chi connectivity index (χ1v) is 10.9. The van der Waals surface area contributed by atoms with E-state index in [-0.39, 0.29) is 24.4 Å². The maximum atomic E-state index is 11.2. The average Bonchev–Trinajstić information content (AvgIpc) is 3.29. The van der Waals surface area contributed by atoms with Gasteiger partial charge in [0.2, 0.25) is 0 Å². The third kappa shape index (κ3) is 4.03. The van der Waals surface area contributed by atoms with Crippen molar-refractivity contribution in [2.45, 2.75) is 25.9 Å². The van der Waals surface area contributed by atoms with Crippen molar-refractivity contribution < 1.29 is 14.8 Å². The van der Waals surface area contributed by atoms with Gasteiger partial charge in [-0.05, 0) is 55.9 Å². The number of nitro benzene ring substituents is 1. The summed E-state index contributed by atoms with van der Waals surface area (Å²) < 4.78 is 7.51. The Labute approximate surface area is 196 Å². The highest BCUT2D eigenvalue weighted by molar-refractivity contribution is 7.80. The van der Waals surface area contributed by atoms with E-state index >= 15 is 0 Å². The Morgan fingerprint density at radius 1 is 1.27 bits per heavy atom. The lowest BCUT2D eigenvalue weighted by atomic mass is 9.97. The van der Waals surface area contributed by atoms with E-state index in [2.05, 4.69) is 16.4 Å². The maximum absolute atomic E-state index is 11.2. The number of nitro groups is 1. The van der Waals surface area contributed by atoms with Crippen LogP contribution in [0.4, 0.5) is 5.69 Å². The van der Waals surface area contributed by atoms with Crippen molar-refractivity contribution in [1.29, 1.82) is 0 Å². The lowest BCUT2D eigenvalue weighted by Gasteiger charge is -2.27. The van der Waals surface area contributed by atoms with E-state index in [0.717, 1.165) is 22.6 Å². The Morgan fingerprint density at radius 3 is 2.70 bits per heavy atom. The van der Waals surface area contributed by atoms with E-state index in [1.807, 2.05) is 41.5 Å². The summed E-state index contributed by atoms with van der Waals surface area (Å²) in [5, 5.41) is 24.8. The van der Waals surface area contributed by atoms with Gasteiger partial charge < -0.3 is 24.6 Å². The number of nitrogens with zero attached hydrogens (tertiary/aromatic N) is 4. The van der Waals surface area contributed by atoms with Crippen molar-refractivity contribution in [3.8, 4) is 11.4 Å². The minimum atomic E-state index is -0.442. The fourth-order valence-corrected chi connectivity index (χ4v) is 4.85. The summed E-state index contributed by atoms with van der Waals surface area (Å²) in [5.74, 6) is 0.408. The third-order valence-corrected chi connectivity index (χ3v) is 6.29. The first-order valence-electron chi connectivity index (χ1n) is 10.5. The number of aromatic nitrogens is 2. The predicted molar refractivity (Wildman–Crippen MR) is 128 cm³/mol. The number of pyridine rings is 1. The number of aryl methyl sites for hydroxylation is 1. The summed E-state index contributed by atoms with van der Waals surface area (Å²) in [6.45, 7) is 4.31. The minimum absolute atomic E-state index is 0.0343. The van der Waals surface area contributed by atoms with E-state index in [1.165, 1.54) is 19.2 Å². The molecule has 0 radical (unpaired) electrons. The Bertz CT molecular complexity index is 1200. The van der Waals surface area contributed by atoms with Gasteiger partial charge in [-0.2, -0.15) is 0 Å². The van der Waals surface area contributed by atoms with Crippen LogP contribution in [-0.2, 0) is 0 Å². The van der Waals surface area contributed by atoms with Crippen LogP contribution in [0.5, 0.6) is 5.75 Å². The lowest BCUT2D eigenvalue weighted by molar-refractivity contribution is -0.384. The number of aliphatic hydroxyl groups excluding tert-OH is 1. The molecule has 1 fully saturated rings. The van der Waals surface area contributed by atoms with Crippen molar-refractivity contribution in [2.75, 3.05) is 20.3 Å². The summed E-state index contributed by atoms with van der Waals surface area (Å²) in [7, 11) is 1.50. The van der Waals surface area contributed by atoms with Gasteiger partial charge in [-0.3, -0.25) is 15.1 Å². The van der Waals surface area contributed by atoms with E-state index in [9.17, 15) is 15.2 Å². The number of rotatable bonds is 7. The molecule has 0 amide bonds. The highest BCUT2D eigenvalue weighted by Crippen LogP contribution is 2.42. The number of β-amino-alcohol motifs (C(OH)–C–C–N with tert-alkyl or cyclic N) is 1. The van der Waals surface area contributed by atoms with Crippen LogP contribution >= 0.6 is 12.2 Å². The summed E-state index contributed by atoms with van der Waals surface area (Å²) in [6, 6.07) is 12.0. The summed E-state index contributed by atoms with van der Waals surface area (Å²) in [5.41, 5.74) is 4.43. The number of ether oxygens (including phenoxy) is 1. The number of nitrogens with one attached hydrogen (secondary N) is 1. The quantitative estimate of drug-likeness (QED) is 0.310. The van der Waals surface area contributed by atoms with Crippen molar-refractivity contribution in [2.24, 2.45) is 0 Å². The molecule has 1 aliphatic rings. The fraction of sp³-hybridized carbons (Fsp3) is 0.304. The summed E-state index contributed by atoms with van der Waals surface area (Å²) in [6.07, 6.45) is 1.75. The standard InChI is InChI=1S/C23H25N5O4S/c1-14-12-17(15(2)27(14)19-8-7-16(28(30)31)13-20(19)32-3)22-21(18-6-4-5-9-24-18)25-23(33)26(22)10-11-29/h4-9,12-13,21-22,29H,10-11H2,1-3H3,(H,25,33). The maximum Gasteiger partial charge on any atom is 0.273 e. The summed E-state index contributed by atoms with van der Waals surface area (Å²) in [4.78, 5) is 17.3. The Balaban J connectivity index is 1.85. The molecule has 1 aliphatic heterocycles. The van der Waals surface area contributed by atoms with Crippen LogP contribution in [0.2, 0.25) is 0 Å². The van der Waals surface area contributed by atoms with Gasteiger partial charge >= 0.3 is 0 Å². The lowest BCUT2D eigenvalue weighted by Crippen LogP contribution is -2.32. The molecule has 1 saturated heterocycles. The Hall–Kier alpha value is -3.50. The largest absolute Gasteiger partial charge is 0.494 e. The molecule has 172 valence electrons. The van der Waals surface area contributed by atoms with Crippen LogP contribution in [-0.4, -0.2) is 49.9 Å². The van der Waals surface area contributed by atoms with E-state index in [0.29, 0.717) is 23.1 Å². The zero-order valence-electron chi connectivity index (χ0n) is 18.6. The molecule has 0 aliphatic carbocycles. The number of aliphatic hydroxyl groups is 1. The number of non-ortho nitro benzene ring substituents is 1. The molecule has 4 rings (SSSR count). The average molecular weight is 468 g/mol. The fourth-order valence-electron chi connectivity index (χ4n) is 4.51. The molecule has 1 aromatic carbocycles.